The standard InChI is InChI=1S/C75H132N30O11S/c1-2-3-6-18-46(62(76)111)43-57(108)53(25-15-37-98-72(85)86)103-65(114)49(21-13-35-96-70(81)82)45-59(110)55(27-17-39-100-74(89)90)104-66(115)50(22-14-36-97-71(83)84)44-58(109)54(26-16-38-99-73(87)88)102-64(113)48(20-12-34-95-69(79)80)42-52(107)24-7-4-9-31-92-63(112)47(19-11-33-94-68(77)78)41-51(106)23-8-5-10-32-93-67(116)61-29-28-60(117-61)56-30-40-101-75(91)105-56/h28-30,40,46-50,53-55H,2-27,31-39,41-45H2,1H3,(H2,76,111)(H,92,112)(H,93,116)(H,102,113)(H,103,114)(H,104,115)(H4,77,78,94)(H4,79,80,95)(H4,81,82,96)(H4,83,84,97)(H4,85,86,98)(H4,87,88,99)(H4,89,90,100)(H2,91,101,105)/t46-,47-,48-,49-,50-,53+,54+,55+/m0/s1. The van der Waals surface area contributed by atoms with Crippen molar-refractivity contribution >= 4 is 123 Å². The molecule has 0 aliphatic rings. The predicted molar refractivity (Wildman–Crippen MR) is 456 cm³/mol. The molecule has 41 nitrogen and oxygen atoms in total. The summed E-state index contributed by atoms with van der Waals surface area (Å²) in [5, 5.41) is 14.4. The molecule has 0 aromatic carbocycles. The number of rotatable bonds is 67. The lowest BCUT2D eigenvalue weighted by atomic mass is 9.88. The van der Waals surface area contributed by atoms with E-state index in [2.05, 4.69) is 71.5 Å². The van der Waals surface area contributed by atoms with Crippen molar-refractivity contribution in [1.82, 2.24) is 36.6 Å². The van der Waals surface area contributed by atoms with Gasteiger partial charge in [-0.05, 0) is 140 Å². The first-order valence-corrected chi connectivity index (χ1v) is 41.0. The third kappa shape index (κ3) is 47.9. The fourth-order valence-electron chi connectivity index (χ4n) is 12.7. The van der Waals surface area contributed by atoms with Crippen LogP contribution in [0.25, 0.3) is 10.6 Å². The Morgan fingerprint density at radius 2 is 0.701 bits per heavy atom. The molecule has 117 heavy (non-hydrogen) atoms. The molecule has 2 rings (SSSR count). The van der Waals surface area contributed by atoms with Crippen LogP contribution < -0.4 is 118 Å². The average molecular weight is 1660 g/mol. The van der Waals surface area contributed by atoms with Gasteiger partial charge in [-0.1, -0.05) is 39.0 Å². The third-order valence-electron chi connectivity index (χ3n) is 18.9. The van der Waals surface area contributed by atoms with Crippen molar-refractivity contribution in [2.75, 3.05) is 64.6 Å². The van der Waals surface area contributed by atoms with Gasteiger partial charge in [-0.25, -0.2) is 9.97 Å². The van der Waals surface area contributed by atoms with Gasteiger partial charge in [0.2, 0.25) is 35.5 Å². The van der Waals surface area contributed by atoms with E-state index in [9.17, 15) is 52.7 Å². The van der Waals surface area contributed by atoms with Gasteiger partial charge in [0.1, 0.15) is 11.6 Å². The van der Waals surface area contributed by atoms with Crippen LogP contribution in [0.5, 0.6) is 0 Å². The molecule has 0 aliphatic heterocycles. The van der Waals surface area contributed by atoms with E-state index < -0.39 is 102 Å². The van der Waals surface area contributed by atoms with Crippen LogP contribution in [0.1, 0.15) is 216 Å². The summed E-state index contributed by atoms with van der Waals surface area (Å²) in [4.78, 5) is 192. The summed E-state index contributed by atoms with van der Waals surface area (Å²) < 4.78 is 0. The number of thiophene rings is 1. The Bertz CT molecular complexity index is 3650. The molecule has 0 saturated carbocycles. The molecule has 654 valence electrons. The number of amides is 6. The second-order valence-electron chi connectivity index (χ2n) is 28.8. The fraction of sp³-hybridized carbons (Fsp3) is 0.653. The zero-order chi connectivity index (χ0) is 87.0. The van der Waals surface area contributed by atoms with Crippen LogP contribution in [0.4, 0.5) is 5.95 Å². The van der Waals surface area contributed by atoms with E-state index in [1.165, 1.54) is 11.3 Å². The Hall–Kier alpha value is -11.4. The Labute approximate surface area is 688 Å². The van der Waals surface area contributed by atoms with E-state index in [-0.39, 0.29) is 233 Å². The summed E-state index contributed by atoms with van der Waals surface area (Å²) in [6.45, 7) is 3.22. The quantitative estimate of drug-likeness (QED) is 0.0204. The predicted octanol–water partition coefficient (Wildman–Crippen LogP) is -1.47. The molecular weight excluding hydrogens is 1530 g/mol. The molecule has 2 aromatic rings. The lowest BCUT2D eigenvalue weighted by molar-refractivity contribution is -0.136. The molecule has 0 bridgehead atoms. The molecule has 0 radical (unpaired) electrons. The van der Waals surface area contributed by atoms with Crippen LogP contribution in [-0.2, 0) is 47.9 Å². The molecule has 0 spiro atoms. The molecule has 2 aromatic heterocycles. The van der Waals surface area contributed by atoms with E-state index >= 15 is 0 Å². The first kappa shape index (κ1) is 102. The number of guanidine groups is 7. The summed E-state index contributed by atoms with van der Waals surface area (Å²) in [5.74, 6) is -11.6. The van der Waals surface area contributed by atoms with Crippen molar-refractivity contribution in [2.24, 2.45) is 151 Å². The smallest absolute Gasteiger partial charge is 0.261 e. The van der Waals surface area contributed by atoms with Gasteiger partial charge in [-0.2, -0.15) is 0 Å². The molecule has 0 unspecified atom stereocenters. The Kier molecular flexibility index (Phi) is 51.6. The molecule has 2 heterocycles. The van der Waals surface area contributed by atoms with Gasteiger partial charge in [-0.15, -0.1) is 11.3 Å². The Balaban J connectivity index is 2.39. The largest absolute Gasteiger partial charge is 0.370 e. The summed E-state index contributed by atoms with van der Waals surface area (Å²) in [5.41, 5.74) is 90.8. The van der Waals surface area contributed by atoms with Crippen LogP contribution >= 0.6 is 11.3 Å². The van der Waals surface area contributed by atoms with Crippen LogP contribution in [0.3, 0.4) is 0 Å². The molecule has 37 N–H and O–H groups in total. The first-order valence-electron chi connectivity index (χ1n) is 40.1. The number of Topliss-reactive ketones (excluding diaryl/α,β-unsaturated/α-hetero) is 5. The van der Waals surface area contributed by atoms with E-state index in [1.54, 1.807) is 24.4 Å². The van der Waals surface area contributed by atoms with Crippen molar-refractivity contribution < 1.29 is 52.7 Å². The third-order valence-corrected chi connectivity index (χ3v) is 20.0. The van der Waals surface area contributed by atoms with Crippen molar-refractivity contribution in [1.29, 1.82) is 0 Å². The lowest BCUT2D eigenvalue weighted by Crippen LogP contribution is -2.48. The molecular formula is C75H132N30O11S. The second-order valence-corrected chi connectivity index (χ2v) is 29.9. The monoisotopic (exact) mass is 1660 g/mol. The zero-order valence-corrected chi connectivity index (χ0v) is 68.7. The van der Waals surface area contributed by atoms with Crippen LogP contribution in [0.15, 0.2) is 59.3 Å². The van der Waals surface area contributed by atoms with E-state index in [0.29, 0.717) is 81.3 Å². The highest BCUT2D eigenvalue weighted by atomic mass is 32.1. The maximum Gasteiger partial charge on any atom is 0.261 e. The molecule has 6 amide bonds. The number of carbonyl (C=O) groups excluding carboxylic acids is 11. The van der Waals surface area contributed by atoms with Crippen molar-refractivity contribution in [3.05, 3.63) is 29.3 Å². The minimum atomic E-state index is -1.34. The fourth-order valence-corrected chi connectivity index (χ4v) is 13.6. The van der Waals surface area contributed by atoms with Gasteiger partial charge in [0.15, 0.2) is 59.1 Å². The summed E-state index contributed by atoms with van der Waals surface area (Å²) in [7, 11) is 0. The van der Waals surface area contributed by atoms with Gasteiger partial charge in [-0.3, -0.25) is 87.7 Å². The SMILES string of the molecule is CCCCC[C@@H](CC(=O)[C@@H](CCCN=C(N)N)NC(=O)[C@@H](CCCN=C(N)N)CC(=O)[C@@H](CCCN=C(N)N)NC(=O)[C@@H](CCCN=C(N)N)CC(=O)[C@@H](CCCN=C(N)N)NC(=O)[C@@H](CCCN=C(N)N)CC(=O)CCCCCNC(=O)[C@@H](CCCN=C(N)N)CC(=O)CCCCCNC(=O)c1ccc(-c2ccnc(N)n2)s1)C(N)=O. The number of aliphatic imine (C=N–C) groups is 7. The number of anilines is 1. The minimum Gasteiger partial charge on any atom is -0.370 e. The highest BCUT2D eigenvalue weighted by molar-refractivity contribution is 7.17. The zero-order valence-electron chi connectivity index (χ0n) is 67.9. The van der Waals surface area contributed by atoms with Crippen molar-refractivity contribution in [3.63, 3.8) is 0 Å². The van der Waals surface area contributed by atoms with E-state index in [4.69, 9.17) is 91.7 Å². The van der Waals surface area contributed by atoms with E-state index in [0.717, 1.165) is 17.7 Å². The van der Waals surface area contributed by atoms with Crippen molar-refractivity contribution in [3.8, 4) is 10.6 Å². The maximum atomic E-state index is 15.0. The lowest BCUT2D eigenvalue weighted by Gasteiger charge is -2.26. The van der Waals surface area contributed by atoms with Gasteiger partial charge < -0.3 is 118 Å². The number of unbranched alkanes of at least 4 members (excludes halogenated alkanes) is 6. The van der Waals surface area contributed by atoms with Crippen LogP contribution in [0, 0.1) is 29.6 Å². The maximum absolute atomic E-state index is 15.0. The van der Waals surface area contributed by atoms with Crippen LogP contribution in [0.2, 0.25) is 0 Å². The average Bonchev–Trinajstić information content (AvgIpc) is 1.83. The van der Waals surface area contributed by atoms with E-state index in [1.807, 2.05) is 6.92 Å². The number of primary amides is 1. The molecule has 0 fully saturated rings. The topological polar surface area (TPSA) is 777 Å². The number of ketones is 5. The highest BCUT2D eigenvalue weighted by Crippen LogP contribution is 2.28. The van der Waals surface area contributed by atoms with Gasteiger partial charge >= 0.3 is 0 Å². The number of hydrogen-bond donors (Lipinski definition) is 21. The van der Waals surface area contributed by atoms with Gasteiger partial charge in [0.05, 0.1) is 33.6 Å². The first-order chi connectivity index (χ1) is 55.7. The number of nitrogens with zero attached hydrogens (tertiary/aromatic N) is 9. The summed E-state index contributed by atoms with van der Waals surface area (Å²) in [6, 6.07) is 1.42. The summed E-state index contributed by atoms with van der Waals surface area (Å²) in [6.07, 6.45) is 8.05. The number of aromatic nitrogens is 2. The number of hydrogen-bond acceptors (Lipinski definition) is 22. The van der Waals surface area contributed by atoms with Gasteiger partial charge in [0, 0.05) is 140 Å². The summed E-state index contributed by atoms with van der Waals surface area (Å²) >= 11 is 1.28. The molecule has 0 aliphatic carbocycles. The Morgan fingerprint density at radius 1 is 0.368 bits per heavy atom. The number of nitrogens with two attached hydrogens (primary N) is 16. The highest BCUT2D eigenvalue weighted by Gasteiger charge is 2.35. The Morgan fingerprint density at radius 3 is 1.05 bits per heavy atom. The number of carbonyl (C=O) groups is 11. The number of nitrogens with one attached hydrogen (secondary N) is 5. The molecule has 8 atom stereocenters. The second kappa shape index (κ2) is 59.3. The minimum absolute atomic E-state index is 0.00198. The molecule has 0 saturated heterocycles. The van der Waals surface area contributed by atoms with Crippen molar-refractivity contribution in [2.45, 2.75) is 224 Å². The van der Waals surface area contributed by atoms with Crippen LogP contribution in [-0.4, -0.2) is 193 Å². The van der Waals surface area contributed by atoms with Gasteiger partial charge in [0.25, 0.3) is 5.91 Å². The normalized spacial score (nSPS) is 13.0. The molecule has 42 heteroatoms. The number of nitrogen functional groups attached to an aromatic ring is 1.